The summed E-state index contributed by atoms with van der Waals surface area (Å²) in [7, 11) is 0. The Hall–Kier alpha value is -0.900. The van der Waals surface area contributed by atoms with Gasteiger partial charge in [-0.2, -0.15) is 15.1 Å². The third-order valence-electron chi connectivity index (χ3n) is 3.32. The summed E-state index contributed by atoms with van der Waals surface area (Å²) in [4.78, 5) is 9.88. The smallest absolute Gasteiger partial charge is 0.149 e. The highest BCUT2D eigenvalue weighted by Gasteiger charge is 1.94. The van der Waals surface area contributed by atoms with Gasteiger partial charge in [0.15, 0.2) is 0 Å². The molecular weight excluding hydrogens is 240 g/mol. The quantitative estimate of drug-likeness (QED) is 0.569. The van der Waals surface area contributed by atoms with Crippen molar-refractivity contribution >= 4 is 0 Å². The fourth-order valence-electron chi connectivity index (χ4n) is 2.18. The second-order valence-electron chi connectivity index (χ2n) is 5.07. The Balaban J connectivity index is 2.12. The molecule has 0 N–H and O–H groups in total. The Morgan fingerprint density at radius 1 is 0.684 bits per heavy atom. The number of hydrogen-bond acceptors (Lipinski definition) is 4. The van der Waals surface area contributed by atoms with Gasteiger partial charge >= 0.3 is 0 Å². The third kappa shape index (κ3) is 11.9. The van der Waals surface area contributed by atoms with Gasteiger partial charge in [0.25, 0.3) is 0 Å². The molecule has 1 heterocycles. The Labute approximate surface area is 117 Å². The molecule has 1 aliphatic rings. The fraction of sp³-hybridized carbons (Fsp3) is 0.867. The molecular formula is C15H28N2O2. The first-order valence-corrected chi connectivity index (χ1v) is 7.80. The van der Waals surface area contributed by atoms with E-state index in [1.165, 1.54) is 70.2 Å². The molecule has 0 radical (unpaired) electrons. The van der Waals surface area contributed by atoms with Gasteiger partial charge < -0.3 is 4.89 Å². The van der Waals surface area contributed by atoms with Gasteiger partial charge in [-0.3, -0.25) is 0 Å². The number of hydrogen-bond donors (Lipinski definition) is 0. The zero-order valence-electron chi connectivity index (χ0n) is 12.1. The Morgan fingerprint density at radius 3 is 1.95 bits per heavy atom. The average molecular weight is 268 g/mol. The first-order chi connectivity index (χ1) is 9.50. The highest BCUT2D eigenvalue weighted by Crippen LogP contribution is 2.11. The maximum atomic E-state index is 5.01. The molecule has 0 spiro atoms. The number of azo groups is 1. The second-order valence-corrected chi connectivity index (χ2v) is 5.07. The van der Waals surface area contributed by atoms with Crippen molar-refractivity contribution in [1.29, 1.82) is 0 Å². The summed E-state index contributed by atoms with van der Waals surface area (Å²) in [5, 5.41) is 7.94. The van der Waals surface area contributed by atoms with Gasteiger partial charge in [-0.1, -0.05) is 57.8 Å². The first-order valence-electron chi connectivity index (χ1n) is 7.80. The van der Waals surface area contributed by atoms with E-state index in [0.29, 0.717) is 6.61 Å². The largest absolute Gasteiger partial charge is 0.344 e. The lowest BCUT2D eigenvalue weighted by Gasteiger charge is -2.02. The molecule has 110 valence electrons. The molecule has 4 heteroatoms. The summed E-state index contributed by atoms with van der Waals surface area (Å²) in [5.41, 5.74) is 0. The van der Waals surface area contributed by atoms with Crippen molar-refractivity contribution in [1.82, 2.24) is 0 Å². The maximum absolute atomic E-state index is 5.01. The van der Waals surface area contributed by atoms with E-state index < -0.39 is 0 Å². The van der Waals surface area contributed by atoms with Gasteiger partial charge in [-0.25, -0.2) is 0 Å². The van der Waals surface area contributed by atoms with Crippen molar-refractivity contribution in [2.24, 2.45) is 10.2 Å². The van der Waals surface area contributed by atoms with Crippen molar-refractivity contribution in [2.45, 2.75) is 70.6 Å². The molecule has 0 saturated carbocycles. The standard InChI is InChI=1S/C15H28N2O2/c1-2-4-6-8-10-12-16-17-13-15-19-18-14-11-9-7-5-3-1/h13,15H,1-12,14H2/b15-13-,17-16?. The van der Waals surface area contributed by atoms with E-state index in [-0.39, 0.29) is 0 Å². The first kappa shape index (κ1) is 16.2. The summed E-state index contributed by atoms with van der Waals surface area (Å²) in [6, 6.07) is 0. The zero-order chi connectivity index (χ0) is 13.4. The molecule has 0 atom stereocenters. The van der Waals surface area contributed by atoms with Crippen molar-refractivity contribution in [3.8, 4) is 0 Å². The van der Waals surface area contributed by atoms with Crippen molar-refractivity contribution in [3.63, 3.8) is 0 Å². The summed E-state index contributed by atoms with van der Waals surface area (Å²) in [6.07, 6.45) is 17.2. The summed E-state index contributed by atoms with van der Waals surface area (Å²) in [6.45, 7) is 1.46. The minimum absolute atomic E-state index is 0.654. The van der Waals surface area contributed by atoms with Crippen molar-refractivity contribution in [2.75, 3.05) is 13.2 Å². The molecule has 0 aromatic rings. The normalized spacial score (nSPS) is 23.6. The molecule has 19 heavy (non-hydrogen) atoms. The van der Waals surface area contributed by atoms with Gasteiger partial charge in [-0.15, -0.1) is 0 Å². The van der Waals surface area contributed by atoms with Gasteiger partial charge in [-0.05, 0) is 12.8 Å². The van der Waals surface area contributed by atoms with Crippen molar-refractivity contribution < 1.29 is 9.78 Å². The van der Waals surface area contributed by atoms with Crippen LogP contribution in [0, 0.1) is 0 Å². The van der Waals surface area contributed by atoms with Crippen LogP contribution >= 0.6 is 0 Å². The van der Waals surface area contributed by atoms with Crippen LogP contribution < -0.4 is 0 Å². The van der Waals surface area contributed by atoms with Crippen LogP contribution in [-0.4, -0.2) is 13.2 Å². The highest BCUT2D eigenvalue weighted by molar-refractivity contribution is 4.66. The van der Waals surface area contributed by atoms with E-state index in [1.54, 1.807) is 0 Å². The van der Waals surface area contributed by atoms with Gasteiger partial charge in [0, 0.05) is 0 Å². The predicted octanol–water partition coefficient (Wildman–Crippen LogP) is 5.16. The number of nitrogens with zero attached hydrogens (tertiary/aromatic N) is 2. The molecule has 1 rings (SSSR count). The van der Waals surface area contributed by atoms with Gasteiger partial charge in [0.1, 0.15) is 6.26 Å². The molecule has 4 nitrogen and oxygen atoms in total. The Morgan fingerprint density at radius 2 is 1.26 bits per heavy atom. The van der Waals surface area contributed by atoms with Crippen molar-refractivity contribution in [3.05, 3.63) is 12.5 Å². The minimum Gasteiger partial charge on any atom is -0.344 e. The highest BCUT2D eigenvalue weighted by atomic mass is 17.2. The molecule has 0 saturated heterocycles. The third-order valence-corrected chi connectivity index (χ3v) is 3.32. The fourth-order valence-corrected chi connectivity index (χ4v) is 2.18. The van der Waals surface area contributed by atoms with Crippen LogP contribution in [0.2, 0.25) is 0 Å². The van der Waals surface area contributed by atoms with E-state index in [9.17, 15) is 0 Å². The summed E-state index contributed by atoms with van der Waals surface area (Å²) in [5.74, 6) is 0. The monoisotopic (exact) mass is 268 g/mol. The van der Waals surface area contributed by atoms with Crippen LogP contribution in [0.3, 0.4) is 0 Å². The average Bonchev–Trinajstić information content (AvgIpc) is 2.43. The molecule has 0 aromatic heterocycles. The van der Waals surface area contributed by atoms with Crippen LogP contribution in [0.4, 0.5) is 0 Å². The van der Waals surface area contributed by atoms with E-state index in [2.05, 4.69) is 10.2 Å². The second kappa shape index (κ2) is 13.5. The number of rotatable bonds is 0. The van der Waals surface area contributed by atoms with E-state index in [0.717, 1.165) is 19.4 Å². The lowest BCUT2D eigenvalue weighted by molar-refractivity contribution is -0.249. The summed E-state index contributed by atoms with van der Waals surface area (Å²) < 4.78 is 0. The zero-order valence-corrected chi connectivity index (χ0v) is 12.1. The van der Waals surface area contributed by atoms with Crippen LogP contribution in [0.25, 0.3) is 0 Å². The van der Waals surface area contributed by atoms with Gasteiger partial charge in [0.2, 0.25) is 0 Å². The molecule has 0 amide bonds. The molecule has 0 fully saturated rings. The molecule has 0 aliphatic carbocycles. The van der Waals surface area contributed by atoms with E-state index >= 15 is 0 Å². The SMILES string of the molecule is C1=C\OOCCCCCCCCCCCCCN=N/1. The molecule has 1 aliphatic heterocycles. The Kier molecular flexibility index (Phi) is 11.5. The predicted molar refractivity (Wildman–Crippen MR) is 76.7 cm³/mol. The lowest BCUT2D eigenvalue weighted by Crippen LogP contribution is -1.92. The molecule has 0 aromatic carbocycles. The van der Waals surface area contributed by atoms with Crippen LogP contribution in [0.5, 0.6) is 0 Å². The van der Waals surface area contributed by atoms with E-state index in [4.69, 9.17) is 9.78 Å². The van der Waals surface area contributed by atoms with Crippen LogP contribution in [-0.2, 0) is 9.78 Å². The van der Waals surface area contributed by atoms with Crippen LogP contribution in [0.1, 0.15) is 70.6 Å². The topological polar surface area (TPSA) is 43.2 Å². The maximum Gasteiger partial charge on any atom is 0.149 e. The lowest BCUT2D eigenvalue weighted by atomic mass is 10.1. The summed E-state index contributed by atoms with van der Waals surface area (Å²) >= 11 is 0. The Bertz CT molecular complexity index is 218. The van der Waals surface area contributed by atoms with Crippen LogP contribution in [0.15, 0.2) is 22.7 Å². The molecule has 0 unspecified atom stereocenters. The van der Waals surface area contributed by atoms with E-state index in [1.807, 2.05) is 0 Å². The molecule has 0 bridgehead atoms. The van der Waals surface area contributed by atoms with Gasteiger partial charge in [0.05, 0.1) is 19.4 Å². The minimum atomic E-state index is 0.654.